The number of pyridine rings is 1. The van der Waals surface area contributed by atoms with E-state index in [9.17, 15) is 4.79 Å². The summed E-state index contributed by atoms with van der Waals surface area (Å²) in [7, 11) is 0. The lowest BCUT2D eigenvalue weighted by molar-refractivity contribution is 0.102. The van der Waals surface area contributed by atoms with E-state index in [0.29, 0.717) is 22.8 Å². The highest BCUT2D eigenvalue weighted by Gasteiger charge is 2.16. The number of ether oxygens (including phenoxy) is 2. The van der Waals surface area contributed by atoms with E-state index < -0.39 is 0 Å². The van der Waals surface area contributed by atoms with Crippen molar-refractivity contribution in [1.29, 1.82) is 0 Å². The SMILES string of the molecule is O=C(CSc1ncccc1Br)c1ccc2c(c1)OCO2. The Morgan fingerprint density at radius 3 is 3.00 bits per heavy atom. The first-order chi connectivity index (χ1) is 9.74. The number of ketones is 1. The van der Waals surface area contributed by atoms with Crippen LogP contribution in [0.2, 0.25) is 0 Å². The van der Waals surface area contributed by atoms with Gasteiger partial charge in [-0.3, -0.25) is 4.79 Å². The smallest absolute Gasteiger partial charge is 0.231 e. The molecule has 0 N–H and O–H groups in total. The molecule has 1 aromatic heterocycles. The van der Waals surface area contributed by atoms with Crippen LogP contribution in [0.1, 0.15) is 10.4 Å². The fraction of sp³-hybridized carbons (Fsp3) is 0.143. The molecule has 0 amide bonds. The molecule has 1 aromatic carbocycles. The topological polar surface area (TPSA) is 48.4 Å². The van der Waals surface area contributed by atoms with Crippen LogP contribution in [0.15, 0.2) is 46.0 Å². The molecule has 20 heavy (non-hydrogen) atoms. The third-order valence-corrected chi connectivity index (χ3v) is 4.67. The van der Waals surface area contributed by atoms with Crippen LogP contribution in [0.25, 0.3) is 0 Å². The fourth-order valence-corrected chi connectivity index (χ4v) is 3.14. The zero-order valence-corrected chi connectivity index (χ0v) is 12.7. The predicted molar refractivity (Wildman–Crippen MR) is 79.6 cm³/mol. The van der Waals surface area contributed by atoms with E-state index in [0.717, 1.165) is 9.50 Å². The van der Waals surface area contributed by atoms with Crippen LogP contribution in [-0.4, -0.2) is 23.3 Å². The zero-order chi connectivity index (χ0) is 13.9. The number of carbonyl (C=O) groups excluding carboxylic acids is 1. The van der Waals surface area contributed by atoms with E-state index in [-0.39, 0.29) is 12.6 Å². The standard InChI is InChI=1S/C14H10BrNO3S/c15-10-2-1-5-16-14(10)20-7-11(17)9-3-4-12-13(6-9)19-8-18-12/h1-6H,7-8H2. The zero-order valence-electron chi connectivity index (χ0n) is 10.3. The maximum atomic E-state index is 12.2. The maximum absolute atomic E-state index is 12.2. The summed E-state index contributed by atoms with van der Waals surface area (Å²) >= 11 is 4.82. The monoisotopic (exact) mass is 351 g/mol. The van der Waals surface area contributed by atoms with E-state index >= 15 is 0 Å². The first kappa shape index (κ1) is 13.5. The fourth-order valence-electron chi connectivity index (χ4n) is 1.76. The predicted octanol–water partition coefficient (Wildman–Crippen LogP) is 3.55. The number of thioether (sulfide) groups is 1. The van der Waals surface area contributed by atoms with Gasteiger partial charge in [-0.2, -0.15) is 0 Å². The van der Waals surface area contributed by atoms with E-state index in [1.165, 1.54) is 11.8 Å². The molecule has 3 rings (SSSR count). The summed E-state index contributed by atoms with van der Waals surface area (Å²) in [5, 5.41) is 0.807. The normalized spacial score (nSPS) is 12.4. The Kier molecular flexibility index (Phi) is 3.93. The molecule has 102 valence electrons. The molecule has 0 spiro atoms. The van der Waals surface area contributed by atoms with E-state index in [1.54, 1.807) is 24.4 Å². The number of hydrogen-bond acceptors (Lipinski definition) is 5. The van der Waals surface area contributed by atoms with Crippen LogP contribution in [0.4, 0.5) is 0 Å². The Labute approximate surface area is 128 Å². The maximum Gasteiger partial charge on any atom is 0.231 e. The molecule has 2 heterocycles. The highest BCUT2D eigenvalue weighted by Crippen LogP contribution is 2.33. The number of aromatic nitrogens is 1. The number of benzene rings is 1. The Hall–Kier alpha value is -1.53. The van der Waals surface area contributed by atoms with E-state index in [2.05, 4.69) is 20.9 Å². The molecule has 2 aromatic rings. The average molecular weight is 352 g/mol. The van der Waals surface area contributed by atoms with Gasteiger partial charge >= 0.3 is 0 Å². The van der Waals surface area contributed by atoms with Gasteiger partial charge in [0.25, 0.3) is 0 Å². The summed E-state index contributed by atoms with van der Waals surface area (Å²) in [4.78, 5) is 16.4. The summed E-state index contributed by atoms with van der Waals surface area (Å²) < 4.78 is 11.4. The van der Waals surface area contributed by atoms with Gasteiger partial charge in [-0.05, 0) is 46.3 Å². The first-order valence-corrected chi connectivity index (χ1v) is 7.68. The number of fused-ring (bicyclic) bond motifs is 1. The van der Waals surface area contributed by atoms with Crippen LogP contribution in [0.5, 0.6) is 11.5 Å². The van der Waals surface area contributed by atoms with Crippen LogP contribution >= 0.6 is 27.7 Å². The number of hydrogen-bond donors (Lipinski definition) is 0. The quantitative estimate of drug-likeness (QED) is 0.622. The Morgan fingerprint density at radius 1 is 1.30 bits per heavy atom. The van der Waals surface area contributed by atoms with Crippen molar-refractivity contribution in [3.05, 3.63) is 46.6 Å². The van der Waals surface area contributed by atoms with Crippen molar-refractivity contribution in [3.8, 4) is 11.5 Å². The lowest BCUT2D eigenvalue weighted by Gasteiger charge is -2.04. The summed E-state index contributed by atoms with van der Waals surface area (Å²) in [5.74, 6) is 1.67. The number of carbonyl (C=O) groups is 1. The lowest BCUT2D eigenvalue weighted by atomic mass is 10.1. The van der Waals surface area contributed by atoms with Crippen LogP contribution in [0, 0.1) is 0 Å². The average Bonchev–Trinajstić information content (AvgIpc) is 2.93. The molecule has 4 nitrogen and oxygen atoms in total. The summed E-state index contributed by atoms with van der Waals surface area (Å²) in [6.07, 6.45) is 1.71. The van der Waals surface area contributed by atoms with Gasteiger partial charge in [0.2, 0.25) is 6.79 Å². The Morgan fingerprint density at radius 2 is 2.15 bits per heavy atom. The molecule has 0 saturated heterocycles. The molecular weight excluding hydrogens is 342 g/mol. The summed E-state index contributed by atoms with van der Waals surface area (Å²) in [5.41, 5.74) is 0.619. The molecule has 0 aliphatic carbocycles. The van der Waals surface area contributed by atoms with Gasteiger partial charge < -0.3 is 9.47 Å². The number of rotatable bonds is 4. The minimum atomic E-state index is 0.0332. The third-order valence-electron chi connectivity index (χ3n) is 2.76. The van der Waals surface area contributed by atoms with Crippen molar-refractivity contribution >= 4 is 33.5 Å². The molecule has 0 saturated carbocycles. The van der Waals surface area contributed by atoms with E-state index in [1.807, 2.05) is 12.1 Å². The minimum absolute atomic E-state index is 0.0332. The summed E-state index contributed by atoms with van der Waals surface area (Å²) in [6.45, 7) is 0.211. The molecule has 0 unspecified atom stereocenters. The van der Waals surface area contributed by atoms with Crippen molar-refractivity contribution < 1.29 is 14.3 Å². The molecule has 0 atom stereocenters. The second-order valence-electron chi connectivity index (χ2n) is 4.07. The summed E-state index contributed by atoms with van der Waals surface area (Å²) in [6, 6.07) is 8.98. The van der Waals surface area contributed by atoms with Crippen molar-refractivity contribution in [1.82, 2.24) is 4.98 Å². The highest BCUT2D eigenvalue weighted by atomic mass is 79.9. The largest absolute Gasteiger partial charge is 0.454 e. The molecule has 1 aliphatic rings. The third kappa shape index (κ3) is 2.81. The first-order valence-electron chi connectivity index (χ1n) is 5.90. The van der Waals surface area contributed by atoms with Crippen LogP contribution in [0.3, 0.4) is 0 Å². The molecular formula is C14H10BrNO3S. The number of nitrogens with zero attached hydrogens (tertiary/aromatic N) is 1. The molecule has 0 radical (unpaired) electrons. The van der Waals surface area contributed by atoms with E-state index in [4.69, 9.17) is 9.47 Å². The number of Topliss-reactive ketones (excluding diaryl/α,β-unsaturated/α-hetero) is 1. The molecule has 0 bridgehead atoms. The second kappa shape index (κ2) is 5.85. The van der Waals surface area contributed by atoms with Gasteiger partial charge in [0, 0.05) is 16.2 Å². The molecule has 6 heteroatoms. The second-order valence-corrected chi connectivity index (χ2v) is 5.89. The van der Waals surface area contributed by atoms with Gasteiger partial charge in [0.1, 0.15) is 5.03 Å². The van der Waals surface area contributed by atoms with Gasteiger partial charge in [-0.25, -0.2) is 4.98 Å². The Bertz CT molecular complexity index is 663. The van der Waals surface area contributed by atoms with Crippen molar-refractivity contribution in [2.24, 2.45) is 0 Å². The lowest BCUT2D eigenvalue weighted by Crippen LogP contribution is -2.02. The highest BCUT2D eigenvalue weighted by molar-refractivity contribution is 9.10. The van der Waals surface area contributed by atoms with Gasteiger partial charge in [0.15, 0.2) is 17.3 Å². The van der Waals surface area contributed by atoms with Crippen molar-refractivity contribution in [3.63, 3.8) is 0 Å². The van der Waals surface area contributed by atoms with Crippen molar-refractivity contribution in [2.75, 3.05) is 12.5 Å². The molecule has 1 aliphatic heterocycles. The minimum Gasteiger partial charge on any atom is -0.454 e. The van der Waals surface area contributed by atoms with Gasteiger partial charge in [-0.15, -0.1) is 0 Å². The molecule has 0 fully saturated rings. The Balaban J connectivity index is 1.69. The van der Waals surface area contributed by atoms with Crippen molar-refractivity contribution in [2.45, 2.75) is 5.03 Å². The van der Waals surface area contributed by atoms with Crippen LogP contribution in [-0.2, 0) is 0 Å². The van der Waals surface area contributed by atoms with Crippen LogP contribution < -0.4 is 9.47 Å². The van der Waals surface area contributed by atoms with Gasteiger partial charge in [0.05, 0.1) is 5.75 Å². The van der Waals surface area contributed by atoms with Gasteiger partial charge in [-0.1, -0.05) is 11.8 Å². The number of halogens is 1.